The molecule has 40 heavy (non-hydrogen) atoms. The van der Waals surface area contributed by atoms with E-state index in [9.17, 15) is 0 Å². The maximum Gasteiger partial charge on any atom is 0.131 e. The average Bonchev–Trinajstić information content (AvgIpc) is 2.97. The summed E-state index contributed by atoms with van der Waals surface area (Å²) in [5, 5.41) is 0. The summed E-state index contributed by atoms with van der Waals surface area (Å²) in [6.45, 7) is 3.15. The lowest BCUT2D eigenvalue weighted by molar-refractivity contribution is 0.175. The van der Waals surface area contributed by atoms with Gasteiger partial charge in [-0.3, -0.25) is 0 Å². The lowest BCUT2D eigenvalue weighted by Gasteiger charge is -2.29. The highest BCUT2D eigenvalue weighted by Gasteiger charge is 2.25. The quantitative estimate of drug-likeness (QED) is 0.200. The third-order valence-corrected chi connectivity index (χ3v) is 10.1. The largest absolute Gasteiger partial charge is 0.385 e. The van der Waals surface area contributed by atoms with Crippen molar-refractivity contribution in [3.63, 3.8) is 0 Å². The smallest absolute Gasteiger partial charge is 0.131 e. The standard InChI is InChI=1S/C37H54F2O/c1-3-4-5-9-29-17-20-32(21-18-29)34-24-22-33(27-37(34)39)35-23-19-31(26-36(35)38)11-7-6-10-28-13-15-30(16-14-28)12-8-25-40-2/h19,22-24,26-30,32H,3-18,20-21,25H2,1-2H3. The van der Waals surface area contributed by atoms with E-state index >= 15 is 8.78 Å². The summed E-state index contributed by atoms with van der Waals surface area (Å²) in [7, 11) is 1.79. The van der Waals surface area contributed by atoms with Gasteiger partial charge in [-0.2, -0.15) is 0 Å². The molecule has 2 aliphatic rings. The second-order valence-corrected chi connectivity index (χ2v) is 13.0. The zero-order chi connectivity index (χ0) is 28.2. The molecule has 2 saturated carbocycles. The highest BCUT2D eigenvalue weighted by atomic mass is 19.1. The Morgan fingerprint density at radius 3 is 1.90 bits per heavy atom. The number of methoxy groups -OCH3 is 1. The molecule has 0 bridgehead atoms. The van der Waals surface area contributed by atoms with E-state index < -0.39 is 0 Å². The topological polar surface area (TPSA) is 9.23 Å². The summed E-state index contributed by atoms with van der Waals surface area (Å²) < 4.78 is 35.5. The van der Waals surface area contributed by atoms with Crippen LogP contribution < -0.4 is 0 Å². The van der Waals surface area contributed by atoms with Crippen molar-refractivity contribution in [3.05, 3.63) is 59.2 Å². The van der Waals surface area contributed by atoms with Gasteiger partial charge in [-0.25, -0.2) is 8.78 Å². The number of rotatable bonds is 15. The van der Waals surface area contributed by atoms with Crippen molar-refractivity contribution >= 4 is 0 Å². The Bertz CT molecular complexity index is 1000. The van der Waals surface area contributed by atoms with Crippen LogP contribution in [-0.4, -0.2) is 13.7 Å². The molecule has 0 aliphatic heterocycles. The van der Waals surface area contributed by atoms with E-state index in [1.165, 1.54) is 89.9 Å². The molecule has 0 aromatic heterocycles. The second-order valence-electron chi connectivity index (χ2n) is 13.0. The van der Waals surface area contributed by atoms with Crippen molar-refractivity contribution in [1.29, 1.82) is 0 Å². The highest BCUT2D eigenvalue weighted by Crippen LogP contribution is 2.40. The minimum atomic E-state index is -0.232. The summed E-state index contributed by atoms with van der Waals surface area (Å²) in [5.74, 6) is 2.49. The second kappa shape index (κ2) is 16.6. The molecule has 0 heterocycles. The SMILES string of the molecule is CCCCCC1CCC(c2ccc(-c3ccc(CCCCC4CCC(CCCOC)CC4)cc3F)cc2F)CC1. The minimum Gasteiger partial charge on any atom is -0.385 e. The van der Waals surface area contributed by atoms with Crippen molar-refractivity contribution < 1.29 is 13.5 Å². The molecule has 3 heteroatoms. The van der Waals surface area contributed by atoms with Crippen LogP contribution in [0.3, 0.4) is 0 Å². The van der Waals surface area contributed by atoms with Gasteiger partial charge in [0.05, 0.1) is 0 Å². The number of hydrogen-bond donors (Lipinski definition) is 0. The number of benzene rings is 2. The highest BCUT2D eigenvalue weighted by molar-refractivity contribution is 5.65. The van der Waals surface area contributed by atoms with Crippen LogP contribution in [0.5, 0.6) is 0 Å². The number of aryl methyl sites for hydroxylation is 1. The molecule has 2 aromatic carbocycles. The van der Waals surface area contributed by atoms with Gasteiger partial charge in [0.2, 0.25) is 0 Å². The fourth-order valence-corrected chi connectivity index (χ4v) is 7.51. The summed E-state index contributed by atoms with van der Waals surface area (Å²) in [6, 6.07) is 11.0. The van der Waals surface area contributed by atoms with Gasteiger partial charge >= 0.3 is 0 Å². The monoisotopic (exact) mass is 552 g/mol. The van der Waals surface area contributed by atoms with Crippen molar-refractivity contribution in [2.24, 2.45) is 17.8 Å². The number of halogens is 2. The molecule has 0 spiro atoms. The Labute approximate surface area is 243 Å². The summed E-state index contributed by atoms with van der Waals surface area (Å²) >= 11 is 0. The van der Waals surface area contributed by atoms with Crippen LogP contribution >= 0.6 is 0 Å². The lowest BCUT2D eigenvalue weighted by Crippen LogP contribution is -2.15. The van der Waals surface area contributed by atoms with Gasteiger partial charge in [0.25, 0.3) is 0 Å². The van der Waals surface area contributed by atoms with Gasteiger partial charge in [0.15, 0.2) is 0 Å². The van der Waals surface area contributed by atoms with Gasteiger partial charge in [0, 0.05) is 19.3 Å². The Balaban J connectivity index is 1.20. The third kappa shape index (κ3) is 9.40. The van der Waals surface area contributed by atoms with Crippen LogP contribution in [0.15, 0.2) is 36.4 Å². The van der Waals surface area contributed by atoms with E-state index in [2.05, 4.69) is 6.92 Å². The zero-order valence-corrected chi connectivity index (χ0v) is 25.4. The first kappa shape index (κ1) is 31.2. The summed E-state index contributed by atoms with van der Waals surface area (Å²) in [6.07, 6.45) is 22.4. The molecule has 2 aliphatic carbocycles. The molecular formula is C37H54F2O. The molecule has 4 rings (SSSR count). The van der Waals surface area contributed by atoms with Gasteiger partial charge in [-0.15, -0.1) is 0 Å². The van der Waals surface area contributed by atoms with Crippen LogP contribution in [0.4, 0.5) is 8.78 Å². The Morgan fingerprint density at radius 1 is 0.675 bits per heavy atom. The van der Waals surface area contributed by atoms with Crippen molar-refractivity contribution in [2.75, 3.05) is 13.7 Å². The van der Waals surface area contributed by atoms with Crippen LogP contribution in [-0.2, 0) is 11.2 Å². The lowest BCUT2D eigenvalue weighted by atomic mass is 9.76. The van der Waals surface area contributed by atoms with Crippen LogP contribution in [0.1, 0.15) is 133 Å². The van der Waals surface area contributed by atoms with Gasteiger partial charge in [-0.1, -0.05) is 95.4 Å². The Hall–Kier alpha value is -1.74. The van der Waals surface area contributed by atoms with Crippen LogP contribution in [0.25, 0.3) is 11.1 Å². The average molecular weight is 553 g/mol. The van der Waals surface area contributed by atoms with E-state index in [1.807, 2.05) is 24.3 Å². The first-order valence-corrected chi connectivity index (χ1v) is 16.6. The van der Waals surface area contributed by atoms with Gasteiger partial charge in [-0.05, 0) is 104 Å². The Kier molecular flexibility index (Phi) is 13.0. The van der Waals surface area contributed by atoms with Crippen LogP contribution in [0, 0.1) is 29.4 Å². The Morgan fingerprint density at radius 2 is 1.30 bits per heavy atom. The molecule has 222 valence electrons. The molecule has 0 atom stereocenters. The molecule has 0 amide bonds. The van der Waals surface area contributed by atoms with Crippen molar-refractivity contribution in [2.45, 2.75) is 128 Å². The molecule has 1 nitrogen and oxygen atoms in total. The molecule has 0 saturated heterocycles. The number of ether oxygens (including phenoxy) is 1. The van der Waals surface area contributed by atoms with Crippen molar-refractivity contribution in [1.82, 2.24) is 0 Å². The predicted octanol–water partition coefficient (Wildman–Crippen LogP) is 11.4. The van der Waals surface area contributed by atoms with E-state index in [0.717, 1.165) is 61.2 Å². The molecule has 0 N–H and O–H groups in total. The first-order valence-electron chi connectivity index (χ1n) is 16.6. The fourth-order valence-electron chi connectivity index (χ4n) is 7.51. The summed E-state index contributed by atoms with van der Waals surface area (Å²) in [4.78, 5) is 0. The molecule has 2 fully saturated rings. The zero-order valence-electron chi connectivity index (χ0n) is 25.4. The fraction of sp³-hybridized carbons (Fsp3) is 0.676. The third-order valence-electron chi connectivity index (χ3n) is 10.1. The van der Waals surface area contributed by atoms with E-state index in [1.54, 1.807) is 19.2 Å². The molecule has 0 unspecified atom stereocenters. The number of hydrogen-bond acceptors (Lipinski definition) is 1. The predicted molar refractivity (Wildman–Crippen MR) is 165 cm³/mol. The normalized spacial score (nSPS) is 23.4. The van der Waals surface area contributed by atoms with Gasteiger partial charge < -0.3 is 4.74 Å². The molecule has 0 radical (unpaired) electrons. The molecular weight excluding hydrogens is 498 g/mol. The summed E-state index contributed by atoms with van der Waals surface area (Å²) in [5.41, 5.74) is 3.04. The van der Waals surface area contributed by atoms with E-state index in [-0.39, 0.29) is 11.6 Å². The minimum absolute atomic E-state index is 0.167. The maximum atomic E-state index is 15.2. The van der Waals surface area contributed by atoms with Crippen molar-refractivity contribution in [3.8, 4) is 11.1 Å². The van der Waals surface area contributed by atoms with E-state index in [4.69, 9.17) is 4.74 Å². The maximum absolute atomic E-state index is 15.2. The van der Waals surface area contributed by atoms with Crippen LogP contribution in [0.2, 0.25) is 0 Å². The first-order chi connectivity index (χ1) is 19.6. The molecule has 2 aromatic rings. The van der Waals surface area contributed by atoms with Gasteiger partial charge in [0.1, 0.15) is 11.6 Å². The number of unbranched alkanes of at least 4 members (excludes halogenated alkanes) is 3. The van der Waals surface area contributed by atoms with E-state index in [0.29, 0.717) is 17.0 Å².